The lowest BCUT2D eigenvalue weighted by Gasteiger charge is -2.39. The molecule has 3 saturated heterocycles. The van der Waals surface area contributed by atoms with Crippen LogP contribution in [0.1, 0.15) is 115 Å². The number of carbonyl (C=O) groups excluding carboxylic acids is 7. The Bertz CT molecular complexity index is 3400. The predicted octanol–water partition coefficient (Wildman–Crippen LogP) is 1.89. The maximum absolute atomic E-state index is 15.0. The van der Waals surface area contributed by atoms with Gasteiger partial charge in [0.1, 0.15) is 30.0 Å². The Morgan fingerprint density at radius 2 is 1.57 bits per heavy atom. The Morgan fingerprint density at radius 3 is 2.27 bits per heavy atom. The number of aromatic nitrogens is 3. The fourth-order valence-corrected chi connectivity index (χ4v) is 12.4. The van der Waals surface area contributed by atoms with Gasteiger partial charge in [-0.3, -0.25) is 53.3 Å². The van der Waals surface area contributed by atoms with Gasteiger partial charge in [0.15, 0.2) is 9.84 Å². The number of amides is 7. The number of benzene rings is 3. The fraction of sp³-hybridized carbons (Fsp3) is 0.473. The van der Waals surface area contributed by atoms with Crippen molar-refractivity contribution >= 4 is 79.1 Å². The number of carboxylic acids is 1. The van der Waals surface area contributed by atoms with Crippen LogP contribution < -0.4 is 32.7 Å². The molecule has 79 heavy (non-hydrogen) atoms. The van der Waals surface area contributed by atoms with Crippen molar-refractivity contribution in [2.45, 2.75) is 131 Å². The Labute approximate surface area is 454 Å². The Balaban J connectivity index is 0.875. The van der Waals surface area contributed by atoms with E-state index in [1.807, 2.05) is 18.2 Å². The number of aliphatic hydroxyl groups excluding tert-OH is 1. The van der Waals surface area contributed by atoms with Crippen LogP contribution in [-0.2, 0) is 58.6 Å². The zero-order valence-electron chi connectivity index (χ0n) is 43.9. The standard InChI is InChI=1S/C55H66N10O13S/c1-62-45-24-33(9-16-42(45)65(55(62)76)44-18-20-47(67)61-52(44)72)23-30-3-5-31(6-4-30)25-48(68)63-22-21-36-11-17-43(51(71)59-39(15-19-46(56)66)49(69)57-28-32-7-12-37(13-8-32)79(2,77)78)64(36)53(73)41(29-63)60-50(70)40-27-35-26-34(54(74)75)10-14-38(35)58-40/h7-10,12-14,16,24,26-27,30-31,36,39,41,43-44,49,57-58,69H,3-6,11,15,17-23,25,28-29H2,1-2H3,(H2,56,66)(H,59,71)(H,60,70)(H,74,75)(H,61,67,72)/t30-,31+,36-,39+,41+,43+,44?,49?/m1/s1. The number of piperidine rings is 1. The highest BCUT2D eigenvalue weighted by Crippen LogP contribution is 2.35. The van der Waals surface area contributed by atoms with Crippen molar-refractivity contribution in [1.82, 2.24) is 45.2 Å². The van der Waals surface area contributed by atoms with Gasteiger partial charge in [-0.15, -0.1) is 0 Å². The number of aliphatic hydroxyl groups is 1. The Kier molecular flexibility index (Phi) is 16.5. The van der Waals surface area contributed by atoms with Crippen molar-refractivity contribution in [3.05, 3.63) is 99.6 Å². The SMILES string of the molecule is Cn1c(=O)n(C2CCC(=O)NC2=O)c2ccc(C[C@H]3CC[C@@H](CC(=O)N4CC[C@H]5CC[C@@H](C(=O)N[C@@H](CCC(N)=O)C(O)NCc6ccc(S(C)(=O)=O)cc6)N5C(=O)[C@@H](NC(=O)c5cc6cc(C(=O)O)ccc6[nH]5)C4)CC3)cc21. The van der Waals surface area contributed by atoms with Crippen LogP contribution in [-0.4, -0.2) is 140 Å². The number of nitrogens with zero attached hydrogens (tertiary/aromatic N) is 4. The third-order valence-corrected chi connectivity index (χ3v) is 17.3. The third kappa shape index (κ3) is 12.6. The van der Waals surface area contributed by atoms with E-state index in [2.05, 4.69) is 26.3 Å². The van der Waals surface area contributed by atoms with Crippen LogP contribution in [0.4, 0.5) is 0 Å². The summed E-state index contributed by atoms with van der Waals surface area (Å²) in [6.07, 6.45) is 4.94. The number of aromatic amines is 1. The van der Waals surface area contributed by atoms with Gasteiger partial charge in [-0.25, -0.2) is 18.0 Å². The number of carbonyl (C=O) groups is 8. The molecule has 0 bridgehead atoms. The molecule has 4 aliphatic rings. The van der Waals surface area contributed by atoms with Gasteiger partial charge in [-0.1, -0.05) is 18.2 Å². The van der Waals surface area contributed by atoms with E-state index in [4.69, 9.17) is 5.73 Å². The minimum absolute atomic E-state index is 0.00882. The number of nitrogens with two attached hydrogens (primary N) is 1. The van der Waals surface area contributed by atoms with E-state index in [0.717, 1.165) is 43.9 Å². The van der Waals surface area contributed by atoms with Crippen LogP contribution in [0.3, 0.4) is 0 Å². The first-order valence-corrected chi connectivity index (χ1v) is 28.6. The molecule has 9 rings (SSSR count). The molecule has 2 aromatic heterocycles. The average Bonchev–Trinajstić information content (AvgIpc) is 4.33. The normalized spacial score (nSPS) is 22.6. The highest BCUT2D eigenvalue weighted by molar-refractivity contribution is 7.90. The minimum atomic E-state index is -3.44. The molecule has 5 aromatic rings. The second-order valence-electron chi connectivity index (χ2n) is 21.6. The maximum atomic E-state index is 15.0. The first kappa shape index (κ1) is 56.0. The molecule has 1 aliphatic carbocycles. The summed E-state index contributed by atoms with van der Waals surface area (Å²) in [5.74, 6) is -4.42. The molecule has 9 N–H and O–H groups in total. The number of imidazole rings is 1. The number of hydrogen-bond donors (Lipinski definition) is 8. The largest absolute Gasteiger partial charge is 0.478 e. The van der Waals surface area contributed by atoms with Gasteiger partial charge in [-0.2, -0.15) is 0 Å². The summed E-state index contributed by atoms with van der Waals surface area (Å²) < 4.78 is 26.9. The molecule has 420 valence electrons. The van der Waals surface area contributed by atoms with Crippen LogP contribution in [0, 0.1) is 11.8 Å². The highest BCUT2D eigenvalue weighted by Gasteiger charge is 2.46. The molecule has 6 atom stereocenters. The van der Waals surface area contributed by atoms with Gasteiger partial charge in [-0.05, 0) is 136 Å². The average molecular weight is 1110 g/mol. The molecule has 5 heterocycles. The van der Waals surface area contributed by atoms with Crippen molar-refractivity contribution in [3.8, 4) is 0 Å². The van der Waals surface area contributed by atoms with Crippen molar-refractivity contribution in [3.63, 3.8) is 0 Å². The summed E-state index contributed by atoms with van der Waals surface area (Å²) in [6.45, 7) is 0.0825. The summed E-state index contributed by atoms with van der Waals surface area (Å²) in [5.41, 5.74) is 8.62. The highest BCUT2D eigenvalue weighted by atomic mass is 32.2. The first-order chi connectivity index (χ1) is 37.6. The molecule has 2 unspecified atom stereocenters. The van der Waals surface area contributed by atoms with Crippen molar-refractivity contribution < 1.29 is 57.0 Å². The van der Waals surface area contributed by atoms with Crippen molar-refractivity contribution in [1.29, 1.82) is 0 Å². The first-order valence-electron chi connectivity index (χ1n) is 26.7. The molecule has 1 saturated carbocycles. The number of hydrogen-bond acceptors (Lipinski definition) is 13. The van der Waals surface area contributed by atoms with Gasteiger partial charge in [0.05, 0.1) is 27.5 Å². The zero-order valence-corrected chi connectivity index (χ0v) is 44.8. The molecule has 7 amide bonds. The smallest absolute Gasteiger partial charge is 0.335 e. The maximum Gasteiger partial charge on any atom is 0.335 e. The van der Waals surface area contributed by atoms with E-state index < -0.39 is 81.8 Å². The second-order valence-corrected chi connectivity index (χ2v) is 23.6. The molecule has 0 radical (unpaired) electrons. The molecule has 4 fully saturated rings. The second kappa shape index (κ2) is 23.3. The number of aryl methyl sites for hydroxylation is 1. The van der Waals surface area contributed by atoms with Crippen LogP contribution in [0.2, 0.25) is 0 Å². The number of fused-ring (bicyclic) bond motifs is 3. The van der Waals surface area contributed by atoms with Gasteiger partial charge < -0.3 is 41.4 Å². The molecular weight excluding hydrogens is 1040 g/mol. The Hall–Kier alpha value is -7.70. The fourth-order valence-electron chi connectivity index (χ4n) is 11.8. The number of aromatic carboxylic acids is 1. The van der Waals surface area contributed by atoms with E-state index in [9.17, 15) is 61.8 Å². The van der Waals surface area contributed by atoms with E-state index in [1.165, 1.54) is 50.4 Å². The topological polar surface area (TPSA) is 334 Å². The number of sulfone groups is 1. The molecule has 0 spiro atoms. The number of H-pyrrole nitrogens is 1. The van der Waals surface area contributed by atoms with Gasteiger partial charge >= 0.3 is 11.7 Å². The van der Waals surface area contributed by atoms with Gasteiger partial charge in [0, 0.05) is 69.1 Å². The lowest BCUT2D eigenvalue weighted by molar-refractivity contribution is -0.146. The number of nitrogens with one attached hydrogen (secondary N) is 5. The van der Waals surface area contributed by atoms with Crippen molar-refractivity contribution in [2.75, 3.05) is 19.3 Å². The van der Waals surface area contributed by atoms with Gasteiger partial charge in [0.25, 0.3) is 5.91 Å². The monoisotopic (exact) mass is 1110 g/mol. The molecule has 3 aliphatic heterocycles. The molecular formula is C55H66N10O13S. The minimum Gasteiger partial charge on any atom is -0.478 e. The predicted molar refractivity (Wildman–Crippen MR) is 286 cm³/mol. The van der Waals surface area contributed by atoms with Crippen LogP contribution >= 0.6 is 0 Å². The van der Waals surface area contributed by atoms with Crippen LogP contribution in [0.5, 0.6) is 0 Å². The summed E-state index contributed by atoms with van der Waals surface area (Å²) >= 11 is 0. The third-order valence-electron chi connectivity index (χ3n) is 16.2. The van der Waals surface area contributed by atoms with E-state index in [1.54, 1.807) is 24.1 Å². The van der Waals surface area contributed by atoms with Crippen molar-refractivity contribution in [2.24, 2.45) is 24.6 Å². The van der Waals surface area contributed by atoms with Gasteiger partial charge in [0.2, 0.25) is 35.4 Å². The van der Waals surface area contributed by atoms with E-state index in [0.29, 0.717) is 46.3 Å². The lowest BCUT2D eigenvalue weighted by atomic mass is 9.78. The number of rotatable bonds is 18. The summed E-state index contributed by atoms with van der Waals surface area (Å²) in [7, 11) is -1.78. The lowest BCUT2D eigenvalue weighted by Crippen LogP contribution is -2.62. The Morgan fingerprint density at radius 1 is 0.848 bits per heavy atom. The van der Waals surface area contributed by atoms with E-state index in [-0.39, 0.29) is 97.7 Å². The zero-order chi connectivity index (χ0) is 56.4. The van der Waals surface area contributed by atoms with E-state index >= 15 is 0 Å². The summed E-state index contributed by atoms with van der Waals surface area (Å²) in [5, 5.41) is 32.3. The molecule has 23 nitrogen and oxygen atoms in total. The molecule has 3 aromatic carbocycles. The molecule has 24 heteroatoms. The summed E-state index contributed by atoms with van der Waals surface area (Å²) in [4.78, 5) is 126. The number of imide groups is 1. The number of carboxylic acid groups (broad SMARTS) is 1. The quantitative estimate of drug-likeness (QED) is 0.0459. The van der Waals surface area contributed by atoms with Crippen LogP contribution in [0.25, 0.3) is 21.9 Å². The van der Waals surface area contributed by atoms with Crippen LogP contribution in [0.15, 0.2) is 76.4 Å². The summed E-state index contributed by atoms with van der Waals surface area (Å²) in [6, 6.07) is 12.9. The number of primary amides is 1.